The third kappa shape index (κ3) is 3.89. The summed E-state index contributed by atoms with van der Waals surface area (Å²) in [6.07, 6.45) is 0. The van der Waals surface area contributed by atoms with E-state index in [1.54, 1.807) is 25.6 Å². The lowest BCUT2D eigenvalue weighted by atomic mass is 10.1. The van der Waals surface area contributed by atoms with Gasteiger partial charge in [-0.3, -0.25) is 4.79 Å². The molecule has 33 heavy (non-hydrogen) atoms. The van der Waals surface area contributed by atoms with Gasteiger partial charge >= 0.3 is 0 Å². The molecule has 0 bridgehead atoms. The Morgan fingerprint density at radius 2 is 1.70 bits per heavy atom. The molecular weight excluding hydrogens is 438 g/mol. The van der Waals surface area contributed by atoms with E-state index >= 15 is 0 Å². The van der Waals surface area contributed by atoms with Crippen LogP contribution in [0.15, 0.2) is 48.5 Å². The fourth-order valence-electron chi connectivity index (χ4n) is 4.05. The van der Waals surface area contributed by atoms with E-state index in [1.165, 1.54) is 0 Å². The normalized spacial score (nSPS) is 14.0. The summed E-state index contributed by atoms with van der Waals surface area (Å²) in [7, 11) is 3.24. The number of amides is 1. The van der Waals surface area contributed by atoms with Crippen LogP contribution in [0.1, 0.15) is 16.1 Å². The molecule has 0 radical (unpaired) electrons. The first-order valence-electron chi connectivity index (χ1n) is 10.8. The molecule has 2 aromatic heterocycles. The van der Waals surface area contributed by atoms with E-state index in [0.717, 1.165) is 45.7 Å². The lowest BCUT2D eigenvalue weighted by Gasteiger charge is -2.34. The van der Waals surface area contributed by atoms with Gasteiger partial charge in [0.25, 0.3) is 5.91 Å². The molecule has 170 valence electrons. The molecule has 0 aliphatic carbocycles. The van der Waals surface area contributed by atoms with E-state index in [4.69, 9.17) is 14.5 Å². The highest BCUT2D eigenvalue weighted by molar-refractivity contribution is 7.22. The molecule has 0 spiro atoms. The maximum atomic E-state index is 13.0. The van der Waals surface area contributed by atoms with E-state index in [0.29, 0.717) is 24.4 Å². The number of methoxy groups -OCH3 is 2. The maximum absolute atomic E-state index is 13.0. The van der Waals surface area contributed by atoms with Crippen LogP contribution < -0.4 is 14.4 Å². The van der Waals surface area contributed by atoms with Gasteiger partial charge in [-0.15, -0.1) is 0 Å². The molecule has 0 saturated carbocycles. The number of para-hydroxylation sites is 1. The van der Waals surface area contributed by atoms with Gasteiger partial charge in [0.15, 0.2) is 10.8 Å². The number of nitrogens with zero attached hydrogens (tertiary/aromatic N) is 5. The van der Waals surface area contributed by atoms with Gasteiger partial charge in [-0.25, -0.2) is 4.68 Å². The van der Waals surface area contributed by atoms with Gasteiger partial charge in [0.05, 0.1) is 35.9 Å². The van der Waals surface area contributed by atoms with E-state index in [9.17, 15) is 4.79 Å². The number of ether oxygens (including phenoxy) is 2. The topological polar surface area (TPSA) is 72.7 Å². The Hall–Kier alpha value is -3.59. The van der Waals surface area contributed by atoms with Gasteiger partial charge in [0.1, 0.15) is 11.5 Å². The van der Waals surface area contributed by atoms with Gasteiger partial charge < -0.3 is 19.3 Å². The summed E-state index contributed by atoms with van der Waals surface area (Å²) in [5.41, 5.74) is 3.35. The molecule has 0 atom stereocenters. The molecule has 4 aromatic rings. The fourth-order valence-corrected chi connectivity index (χ4v) is 5.09. The molecule has 9 heteroatoms. The van der Waals surface area contributed by atoms with Crippen molar-refractivity contribution in [3.8, 4) is 17.2 Å². The van der Waals surface area contributed by atoms with Crippen LogP contribution in [-0.4, -0.2) is 66.0 Å². The highest BCUT2D eigenvalue weighted by atomic mass is 32.1. The summed E-state index contributed by atoms with van der Waals surface area (Å²) in [5.74, 6) is 1.41. The molecule has 1 amide bonds. The summed E-state index contributed by atoms with van der Waals surface area (Å²) in [4.78, 5) is 22.1. The minimum atomic E-state index is 0.00221. The first kappa shape index (κ1) is 21.3. The molecule has 1 fully saturated rings. The number of aryl methyl sites for hydroxylation is 1. The van der Waals surface area contributed by atoms with Gasteiger partial charge in [0.2, 0.25) is 0 Å². The van der Waals surface area contributed by atoms with Crippen LogP contribution in [0.4, 0.5) is 5.13 Å². The molecular formula is C24H25N5O3S. The zero-order valence-corrected chi connectivity index (χ0v) is 19.6. The molecule has 1 aliphatic rings. The Bertz CT molecular complexity index is 1290. The molecule has 0 unspecified atom stereocenters. The molecule has 1 saturated heterocycles. The minimum Gasteiger partial charge on any atom is -0.497 e. The molecule has 0 N–H and O–H groups in total. The number of rotatable bonds is 5. The first-order valence-corrected chi connectivity index (χ1v) is 11.6. The second-order valence-corrected chi connectivity index (χ2v) is 8.80. The number of benzene rings is 2. The molecule has 8 nitrogen and oxygen atoms in total. The summed E-state index contributed by atoms with van der Waals surface area (Å²) >= 11 is 1.65. The Kier molecular flexibility index (Phi) is 5.63. The number of thiazole rings is 1. The van der Waals surface area contributed by atoms with Crippen molar-refractivity contribution < 1.29 is 14.3 Å². The monoisotopic (exact) mass is 463 g/mol. The van der Waals surface area contributed by atoms with E-state index in [-0.39, 0.29) is 5.91 Å². The minimum absolute atomic E-state index is 0.00221. The Morgan fingerprint density at radius 3 is 2.39 bits per heavy atom. The average Bonchev–Trinajstić information content (AvgIpc) is 3.44. The molecule has 2 aromatic carbocycles. The standard InChI is InChI=1S/C24H25N5O3S/c1-16-21-22(29(26-16)17-8-10-18(31-2)11-9-17)25-24(33-21)28-14-12-27(13-15-28)23(30)19-6-4-5-7-20(19)32-3/h4-11H,12-15H2,1-3H3. The molecule has 3 heterocycles. The second kappa shape index (κ2) is 8.74. The lowest BCUT2D eigenvalue weighted by molar-refractivity contribution is 0.0743. The van der Waals surface area contributed by atoms with Gasteiger partial charge in [0, 0.05) is 26.2 Å². The SMILES string of the molecule is COc1ccc(-n2nc(C)c3sc(N4CCN(C(=O)c5ccccc5OC)CC4)nc32)cc1. The zero-order valence-electron chi connectivity index (χ0n) is 18.8. The number of hydrogen-bond donors (Lipinski definition) is 0. The van der Waals surface area contributed by atoms with Crippen LogP contribution >= 0.6 is 11.3 Å². The van der Waals surface area contributed by atoms with Crippen molar-refractivity contribution in [2.24, 2.45) is 0 Å². The summed E-state index contributed by atoms with van der Waals surface area (Å²) in [6.45, 7) is 4.74. The largest absolute Gasteiger partial charge is 0.497 e. The smallest absolute Gasteiger partial charge is 0.257 e. The van der Waals surface area contributed by atoms with Gasteiger partial charge in [-0.2, -0.15) is 10.1 Å². The number of carbonyl (C=O) groups excluding carboxylic acids is 1. The van der Waals surface area contributed by atoms with E-state index in [1.807, 2.05) is 65.0 Å². The third-order valence-electron chi connectivity index (χ3n) is 5.87. The van der Waals surface area contributed by atoms with Crippen molar-refractivity contribution in [3.63, 3.8) is 0 Å². The predicted octanol–water partition coefficient (Wildman–Crippen LogP) is 3.77. The number of anilines is 1. The predicted molar refractivity (Wildman–Crippen MR) is 129 cm³/mol. The first-order chi connectivity index (χ1) is 16.1. The van der Waals surface area contributed by atoms with Crippen molar-refractivity contribution in [2.75, 3.05) is 45.3 Å². The third-order valence-corrected chi connectivity index (χ3v) is 7.08. The number of piperazine rings is 1. The fraction of sp³-hybridized carbons (Fsp3) is 0.292. The Morgan fingerprint density at radius 1 is 0.970 bits per heavy atom. The van der Waals surface area contributed by atoms with Crippen molar-refractivity contribution in [3.05, 3.63) is 59.8 Å². The van der Waals surface area contributed by atoms with Crippen LogP contribution in [0.3, 0.4) is 0 Å². The summed E-state index contributed by atoms with van der Waals surface area (Å²) in [6, 6.07) is 15.2. The van der Waals surface area contributed by atoms with Crippen LogP contribution in [0.2, 0.25) is 0 Å². The zero-order chi connectivity index (χ0) is 22.9. The van der Waals surface area contributed by atoms with Crippen LogP contribution in [0, 0.1) is 6.92 Å². The quantitative estimate of drug-likeness (QED) is 0.449. The van der Waals surface area contributed by atoms with E-state index in [2.05, 4.69) is 10.00 Å². The van der Waals surface area contributed by atoms with Gasteiger partial charge in [-0.1, -0.05) is 23.5 Å². The highest BCUT2D eigenvalue weighted by Gasteiger charge is 2.26. The number of hydrogen-bond acceptors (Lipinski definition) is 7. The highest BCUT2D eigenvalue weighted by Crippen LogP contribution is 2.33. The summed E-state index contributed by atoms with van der Waals surface area (Å²) < 4.78 is 13.6. The van der Waals surface area contributed by atoms with Crippen LogP contribution in [-0.2, 0) is 0 Å². The van der Waals surface area contributed by atoms with Crippen molar-refractivity contribution in [1.82, 2.24) is 19.7 Å². The van der Waals surface area contributed by atoms with Crippen LogP contribution in [0.5, 0.6) is 11.5 Å². The Balaban J connectivity index is 1.34. The maximum Gasteiger partial charge on any atom is 0.257 e. The Labute approximate surface area is 196 Å². The average molecular weight is 464 g/mol. The lowest BCUT2D eigenvalue weighted by Crippen LogP contribution is -2.48. The van der Waals surface area contributed by atoms with Crippen molar-refractivity contribution in [2.45, 2.75) is 6.92 Å². The van der Waals surface area contributed by atoms with Gasteiger partial charge in [-0.05, 0) is 43.3 Å². The van der Waals surface area contributed by atoms with Crippen molar-refractivity contribution >= 4 is 32.7 Å². The van der Waals surface area contributed by atoms with Crippen LogP contribution in [0.25, 0.3) is 16.0 Å². The number of fused-ring (bicyclic) bond motifs is 1. The molecule has 1 aliphatic heterocycles. The van der Waals surface area contributed by atoms with E-state index < -0.39 is 0 Å². The molecule has 5 rings (SSSR count). The summed E-state index contributed by atoms with van der Waals surface area (Å²) in [5, 5.41) is 5.64. The number of aromatic nitrogens is 3. The van der Waals surface area contributed by atoms with Crippen molar-refractivity contribution in [1.29, 1.82) is 0 Å². The second-order valence-electron chi connectivity index (χ2n) is 7.82. The number of carbonyl (C=O) groups is 1.